The van der Waals surface area contributed by atoms with Crippen LogP contribution in [0.1, 0.15) is 69.4 Å². The summed E-state index contributed by atoms with van der Waals surface area (Å²) < 4.78 is 11.8. The topological polar surface area (TPSA) is 18.5 Å². The maximum absolute atomic E-state index is 5.91. The van der Waals surface area contributed by atoms with Gasteiger partial charge in [-0.3, -0.25) is 0 Å². The summed E-state index contributed by atoms with van der Waals surface area (Å²) in [6, 6.07) is 22.8. The van der Waals surface area contributed by atoms with Crippen LogP contribution in [0.2, 0.25) is 0 Å². The van der Waals surface area contributed by atoms with Crippen molar-refractivity contribution < 1.29 is 9.47 Å². The Kier molecular flexibility index (Phi) is 7.48. The van der Waals surface area contributed by atoms with Crippen molar-refractivity contribution in [1.29, 1.82) is 0 Å². The van der Waals surface area contributed by atoms with E-state index in [0.29, 0.717) is 0 Å². The Morgan fingerprint density at radius 3 is 1.21 bits per heavy atom. The van der Waals surface area contributed by atoms with Crippen LogP contribution in [-0.4, -0.2) is 11.2 Å². The minimum absolute atomic E-state index is 0.190. The zero-order valence-corrected chi connectivity index (χ0v) is 21.0. The lowest BCUT2D eigenvalue weighted by Crippen LogP contribution is -2.22. The molecule has 0 heterocycles. The molecule has 0 saturated heterocycles. The maximum atomic E-state index is 5.91. The second-order valence-corrected chi connectivity index (χ2v) is 10.3. The highest BCUT2D eigenvalue weighted by Gasteiger charge is 2.12. The van der Waals surface area contributed by atoms with E-state index in [-0.39, 0.29) is 11.2 Å². The van der Waals surface area contributed by atoms with Crippen molar-refractivity contribution in [3.8, 4) is 11.5 Å². The molecule has 0 unspecified atom stereocenters. The van der Waals surface area contributed by atoms with E-state index in [1.165, 1.54) is 16.7 Å². The van der Waals surface area contributed by atoms with Crippen molar-refractivity contribution in [2.75, 3.05) is 0 Å². The molecule has 0 radical (unpaired) electrons. The lowest BCUT2D eigenvalue weighted by atomic mass is 10.00. The van der Waals surface area contributed by atoms with E-state index < -0.39 is 0 Å². The first kappa shape index (κ1) is 24.4. The first-order valence-corrected chi connectivity index (χ1v) is 11.5. The van der Waals surface area contributed by atoms with Gasteiger partial charge in [-0.15, -0.1) is 0 Å². The van der Waals surface area contributed by atoms with E-state index >= 15 is 0 Å². The summed E-state index contributed by atoms with van der Waals surface area (Å²) in [7, 11) is 0. The molecule has 0 amide bonds. The van der Waals surface area contributed by atoms with Gasteiger partial charge in [-0.05, 0) is 101 Å². The molecule has 0 N–H and O–H groups in total. The number of hydrogen-bond acceptors (Lipinski definition) is 2. The molecule has 0 aliphatic rings. The minimum atomic E-state index is -0.190. The fourth-order valence-corrected chi connectivity index (χ4v) is 3.41. The highest BCUT2D eigenvalue weighted by atomic mass is 16.5. The van der Waals surface area contributed by atoms with Crippen LogP contribution in [-0.2, 0) is 0 Å². The Hall–Kier alpha value is -3.26. The van der Waals surface area contributed by atoms with Gasteiger partial charge in [-0.2, -0.15) is 0 Å². The lowest BCUT2D eigenvalue weighted by Gasteiger charge is -2.21. The predicted octanol–water partition coefficient (Wildman–Crippen LogP) is 8.69. The van der Waals surface area contributed by atoms with Gasteiger partial charge in [0.2, 0.25) is 0 Å². The molecule has 33 heavy (non-hydrogen) atoms. The van der Waals surface area contributed by atoms with Crippen molar-refractivity contribution in [1.82, 2.24) is 0 Å². The molecule has 0 atom stereocenters. The van der Waals surface area contributed by atoms with Crippen molar-refractivity contribution >= 4 is 24.3 Å². The molecule has 0 aliphatic heterocycles. The monoisotopic (exact) mass is 440 g/mol. The van der Waals surface area contributed by atoms with E-state index in [0.717, 1.165) is 22.6 Å². The summed E-state index contributed by atoms with van der Waals surface area (Å²) in [5.41, 5.74) is 5.59. The largest absolute Gasteiger partial charge is 0.488 e. The highest BCUT2D eigenvalue weighted by molar-refractivity contribution is 5.77. The summed E-state index contributed by atoms with van der Waals surface area (Å²) in [5.74, 6) is 1.78. The fourth-order valence-electron chi connectivity index (χ4n) is 3.41. The second kappa shape index (κ2) is 10.1. The lowest BCUT2D eigenvalue weighted by molar-refractivity contribution is 0.130. The Balaban J connectivity index is 1.70. The van der Waals surface area contributed by atoms with Gasteiger partial charge in [-0.1, -0.05) is 66.8 Å². The third-order valence-electron chi connectivity index (χ3n) is 4.94. The first-order valence-electron chi connectivity index (χ1n) is 11.5. The standard InChI is InChI=1S/C31H36O2/c1-23-26(17-11-24-13-19-28(20-14-24)32-30(2,3)4)9-8-10-27(23)18-12-25-15-21-29(22-16-25)33-31(5,6)7/h8-22H,1-7H3/b17-11+,18-12+. The van der Waals surface area contributed by atoms with Crippen LogP contribution in [0.15, 0.2) is 66.7 Å². The molecule has 3 aromatic carbocycles. The SMILES string of the molecule is Cc1c(/C=C/c2ccc(OC(C)(C)C)cc2)cccc1/C=C/c1ccc(OC(C)(C)C)cc1. The smallest absolute Gasteiger partial charge is 0.120 e. The van der Waals surface area contributed by atoms with Gasteiger partial charge in [0.15, 0.2) is 0 Å². The van der Waals surface area contributed by atoms with Gasteiger partial charge in [-0.25, -0.2) is 0 Å². The molecular formula is C31H36O2. The predicted molar refractivity (Wildman–Crippen MR) is 143 cm³/mol. The quantitative estimate of drug-likeness (QED) is 0.357. The Bertz CT molecular complexity index is 1020. The average Bonchev–Trinajstić information content (AvgIpc) is 2.72. The minimum Gasteiger partial charge on any atom is -0.488 e. The van der Waals surface area contributed by atoms with Crippen molar-refractivity contribution in [2.24, 2.45) is 0 Å². The Morgan fingerprint density at radius 2 is 0.879 bits per heavy atom. The summed E-state index contributed by atoms with van der Waals surface area (Å²) in [6.07, 6.45) is 8.63. The van der Waals surface area contributed by atoms with Gasteiger partial charge in [0.1, 0.15) is 22.7 Å². The van der Waals surface area contributed by atoms with Crippen LogP contribution in [0.5, 0.6) is 11.5 Å². The molecule has 172 valence electrons. The molecule has 0 aliphatic carbocycles. The summed E-state index contributed by atoms with van der Waals surface area (Å²) >= 11 is 0. The molecule has 3 rings (SSSR count). The van der Waals surface area contributed by atoms with Gasteiger partial charge < -0.3 is 9.47 Å². The van der Waals surface area contributed by atoms with E-state index in [9.17, 15) is 0 Å². The number of ether oxygens (including phenoxy) is 2. The third-order valence-corrected chi connectivity index (χ3v) is 4.94. The van der Waals surface area contributed by atoms with Crippen LogP contribution in [0.4, 0.5) is 0 Å². The zero-order valence-electron chi connectivity index (χ0n) is 21.0. The molecule has 0 aromatic heterocycles. The van der Waals surface area contributed by atoms with Crippen LogP contribution < -0.4 is 9.47 Å². The molecule has 0 bridgehead atoms. The normalized spacial score (nSPS) is 12.5. The van der Waals surface area contributed by atoms with E-state index in [1.807, 2.05) is 24.3 Å². The summed E-state index contributed by atoms with van der Waals surface area (Å²) in [6.45, 7) is 14.5. The number of hydrogen-bond donors (Lipinski definition) is 0. The molecule has 2 heteroatoms. The summed E-state index contributed by atoms with van der Waals surface area (Å²) in [5, 5.41) is 0. The Labute approximate surface area is 199 Å². The summed E-state index contributed by atoms with van der Waals surface area (Å²) in [4.78, 5) is 0. The van der Waals surface area contributed by atoms with Crippen LogP contribution in [0.25, 0.3) is 24.3 Å². The molecular weight excluding hydrogens is 404 g/mol. The fraction of sp³-hybridized carbons (Fsp3) is 0.290. The Morgan fingerprint density at radius 1 is 0.515 bits per heavy atom. The van der Waals surface area contributed by atoms with Crippen molar-refractivity contribution in [3.63, 3.8) is 0 Å². The maximum Gasteiger partial charge on any atom is 0.120 e. The van der Waals surface area contributed by atoms with Gasteiger partial charge in [0, 0.05) is 0 Å². The molecule has 0 spiro atoms. The zero-order chi connectivity index (χ0) is 24.1. The molecule has 2 nitrogen and oxygen atoms in total. The van der Waals surface area contributed by atoms with Gasteiger partial charge in [0.25, 0.3) is 0 Å². The van der Waals surface area contributed by atoms with Crippen LogP contribution in [0.3, 0.4) is 0 Å². The van der Waals surface area contributed by atoms with E-state index in [1.54, 1.807) is 0 Å². The average molecular weight is 441 g/mol. The van der Waals surface area contributed by atoms with Crippen LogP contribution in [0, 0.1) is 6.92 Å². The van der Waals surface area contributed by atoms with Crippen molar-refractivity contribution in [3.05, 3.63) is 94.5 Å². The van der Waals surface area contributed by atoms with Gasteiger partial charge >= 0.3 is 0 Å². The van der Waals surface area contributed by atoms with Crippen LogP contribution >= 0.6 is 0 Å². The second-order valence-electron chi connectivity index (χ2n) is 10.3. The molecule has 0 fully saturated rings. The highest BCUT2D eigenvalue weighted by Crippen LogP contribution is 2.23. The number of benzene rings is 3. The third kappa shape index (κ3) is 7.98. The first-order chi connectivity index (χ1) is 15.5. The van der Waals surface area contributed by atoms with E-state index in [4.69, 9.17) is 9.47 Å². The molecule has 3 aromatic rings. The van der Waals surface area contributed by atoms with E-state index in [2.05, 4.69) is 115 Å². The van der Waals surface area contributed by atoms with Gasteiger partial charge in [0.05, 0.1) is 0 Å². The molecule has 0 saturated carbocycles. The number of rotatable bonds is 6. The van der Waals surface area contributed by atoms with Crippen molar-refractivity contribution in [2.45, 2.75) is 59.7 Å².